The third-order valence-electron chi connectivity index (χ3n) is 2.47. The minimum Gasteiger partial charge on any atom is -0.497 e. The van der Waals surface area contributed by atoms with Gasteiger partial charge in [-0.25, -0.2) is 0 Å². The van der Waals surface area contributed by atoms with Crippen LogP contribution in [-0.4, -0.2) is 12.1 Å². The Bertz CT molecular complexity index is 559. The third-order valence-corrected chi connectivity index (χ3v) is 2.47. The summed E-state index contributed by atoms with van der Waals surface area (Å²) in [7, 11) is 1.64. The Balaban J connectivity index is 2.18. The van der Waals surface area contributed by atoms with Crippen LogP contribution in [0.5, 0.6) is 5.75 Å². The minimum atomic E-state index is 0.648. The van der Waals surface area contributed by atoms with E-state index in [1.54, 1.807) is 19.5 Å². The maximum atomic E-state index is 8.85. The third kappa shape index (κ3) is 2.56. The summed E-state index contributed by atoms with van der Waals surface area (Å²) in [5, 5.41) is 8.85. The predicted molar refractivity (Wildman–Crippen MR) is 67.4 cm³/mol. The second kappa shape index (κ2) is 5.04. The number of aromatic amines is 1. The number of H-pyrrole nitrogens is 1. The number of ether oxygens (including phenoxy) is 1. The lowest BCUT2D eigenvalue weighted by atomic mass is 10.1. The van der Waals surface area contributed by atoms with Crippen molar-refractivity contribution in [3.8, 4) is 11.8 Å². The molecule has 0 radical (unpaired) electrons. The zero-order chi connectivity index (χ0) is 12.1. The van der Waals surface area contributed by atoms with E-state index in [-0.39, 0.29) is 0 Å². The summed E-state index contributed by atoms with van der Waals surface area (Å²) < 4.78 is 5.08. The van der Waals surface area contributed by atoms with E-state index in [0.717, 1.165) is 16.9 Å². The topological polar surface area (TPSA) is 48.8 Å². The molecule has 0 spiro atoms. The van der Waals surface area contributed by atoms with Crippen molar-refractivity contribution in [2.75, 3.05) is 7.11 Å². The summed E-state index contributed by atoms with van der Waals surface area (Å²) in [6.45, 7) is 0. The Morgan fingerprint density at radius 2 is 1.94 bits per heavy atom. The number of benzene rings is 1. The van der Waals surface area contributed by atoms with Gasteiger partial charge in [0.2, 0.25) is 0 Å². The Morgan fingerprint density at radius 1 is 1.18 bits per heavy atom. The molecule has 1 N–H and O–H groups in total. The second-order valence-electron chi connectivity index (χ2n) is 3.54. The summed E-state index contributed by atoms with van der Waals surface area (Å²) >= 11 is 0. The monoisotopic (exact) mass is 224 g/mol. The SMILES string of the molecule is COc1ccc(C=Cc2c[nH]cc2C#N)cc1. The highest BCUT2D eigenvalue weighted by atomic mass is 16.5. The van der Waals surface area contributed by atoms with Gasteiger partial charge in [-0.2, -0.15) is 5.26 Å². The standard InChI is InChI=1S/C14H12N2O/c1-17-14-6-3-11(4-7-14)2-5-12-9-16-10-13(12)8-15/h2-7,9-10,16H,1H3. The first kappa shape index (κ1) is 11.0. The lowest BCUT2D eigenvalue weighted by molar-refractivity contribution is 0.415. The maximum Gasteiger partial charge on any atom is 0.118 e. The van der Waals surface area contributed by atoms with Gasteiger partial charge in [0, 0.05) is 18.0 Å². The number of rotatable bonds is 3. The van der Waals surface area contributed by atoms with Gasteiger partial charge in [0.1, 0.15) is 11.8 Å². The van der Waals surface area contributed by atoms with Gasteiger partial charge in [0.15, 0.2) is 0 Å². The van der Waals surface area contributed by atoms with Crippen LogP contribution in [0.2, 0.25) is 0 Å². The molecule has 0 bridgehead atoms. The zero-order valence-electron chi connectivity index (χ0n) is 9.47. The molecule has 84 valence electrons. The highest BCUT2D eigenvalue weighted by Crippen LogP contribution is 2.15. The molecule has 2 rings (SSSR count). The molecule has 0 aliphatic carbocycles. The molecular weight excluding hydrogens is 212 g/mol. The van der Waals surface area contributed by atoms with Gasteiger partial charge in [-0.15, -0.1) is 0 Å². The number of nitrogens with one attached hydrogen (secondary N) is 1. The summed E-state index contributed by atoms with van der Waals surface area (Å²) in [4.78, 5) is 2.91. The maximum absolute atomic E-state index is 8.85. The number of methoxy groups -OCH3 is 1. The van der Waals surface area contributed by atoms with Crippen molar-refractivity contribution in [1.29, 1.82) is 5.26 Å². The van der Waals surface area contributed by atoms with Gasteiger partial charge in [-0.3, -0.25) is 0 Å². The van der Waals surface area contributed by atoms with Crippen LogP contribution in [0.4, 0.5) is 0 Å². The molecular formula is C14H12N2O. The predicted octanol–water partition coefficient (Wildman–Crippen LogP) is 3.07. The van der Waals surface area contributed by atoms with E-state index in [1.807, 2.05) is 36.4 Å². The van der Waals surface area contributed by atoms with E-state index in [4.69, 9.17) is 10.00 Å². The van der Waals surface area contributed by atoms with Crippen LogP contribution < -0.4 is 4.74 Å². The fraction of sp³-hybridized carbons (Fsp3) is 0.0714. The van der Waals surface area contributed by atoms with Crippen molar-refractivity contribution in [1.82, 2.24) is 4.98 Å². The van der Waals surface area contributed by atoms with Gasteiger partial charge in [-0.1, -0.05) is 24.3 Å². The number of hydrogen-bond acceptors (Lipinski definition) is 2. The van der Waals surface area contributed by atoms with Crippen molar-refractivity contribution in [3.05, 3.63) is 53.3 Å². The molecule has 0 saturated heterocycles. The molecule has 0 amide bonds. The average Bonchev–Trinajstić information content (AvgIpc) is 2.84. The van der Waals surface area contributed by atoms with Crippen LogP contribution in [0.3, 0.4) is 0 Å². The largest absolute Gasteiger partial charge is 0.497 e. The van der Waals surface area contributed by atoms with E-state index in [2.05, 4.69) is 11.1 Å². The van der Waals surface area contributed by atoms with Crippen LogP contribution in [0.1, 0.15) is 16.7 Å². The molecule has 17 heavy (non-hydrogen) atoms. The minimum absolute atomic E-state index is 0.648. The fourth-order valence-electron chi connectivity index (χ4n) is 1.51. The van der Waals surface area contributed by atoms with Crippen molar-refractivity contribution in [2.45, 2.75) is 0 Å². The van der Waals surface area contributed by atoms with Crippen LogP contribution in [0.25, 0.3) is 12.2 Å². The molecule has 3 nitrogen and oxygen atoms in total. The summed E-state index contributed by atoms with van der Waals surface area (Å²) in [5.41, 5.74) is 2.61. The molecule has 0 aliphatic rings. The number of nitriles is 1. The zero-order valence-corrected chi connectivity index (χ0v) is 9.47. The van der Waals surface area contributed by atoms with Gasteiger partial charge in [0.05, 0.1) is 12.7 Å². The molecule has 0 atom stereocenters. The van der Waals surface area contributed by atoms with E-state index >= 15 is 0 Å². The van der Waals surface area contributed by atoms with E-state index in [9.17, 15) is 0 Å². The molecule has 2 aromatic rings. The molecule has 0 saturated carbocycles. The lowest BCUT2D eigenvalue weighted by Gasteiger charge is -1.98. The first-order valence-electron chi connectivity index (χ1n) is 5.22. The first-order chi connectivity index (χ1) is 8.33. The molecule has 3 heteroatoms. The first-order valence-corrected chi connectivity index (χ1v) is 5.22. The molecule has 1 heterocycles. The fourth-order valence-corrected chi connectivity index (χ4v) is 1.51. The van der Waals surface area contributed by atoms with Crippen LogP contribution >= 0.6 is 0 Å². The number of hydrogen-bond donors (Lipinski definition) is 1. The Morgan fingerprint density at radius 3 is 2.59 bits per heavy atom. The second-order valence-corrected chi connectivity index (χ2v) is 3.54. The summed E-state index contributed by atoms with van der Waals surface area (Å²) in [6.07, 6.45) is 7.37. The molecule has 1 aromatic heterocycles. The van der Waals surface area contributed by atoms with Gasteiger partial charge in [0.25, 0.3) is 0 Å². The van der Waals surface area contributed by atoms with E-state index in [0.29, 0.717) is 5.56 Å². The van der Waals surface area contributed by atoms with Crippen molar-refractivity contribution in [3.63, 3.8) is 0 Å². The molecule has 1 aromatic carbocycles. The molecule has 0 fully saturated rings. The van der Waals surface area contributed by atoms with Gasteiger partial charge in [-0.05, 0) is 17.7 Å². The highest BCUT2D eigenvalue weighted by molar-refractivity contribution is 5.72. The lowest BCUT2D eigenvalue weighted by Crippen LogP contribution is -1.81. The molecule has 0 unspecified atom stereocenters. The van der Waals surface area contributed by atoms with Crippen LogP contribution in [0, 0.1) is 11.3 Å². The number of nitrogens with zero attached hydrogens (tertiary/aromatic N) is 1. The van der Waals surface area contributed by atoms with Crippen LogP contribution in [0.15, 0.2) is 36.7 Å². The summed E-state index contributed by atoms with van der Waals surface area (Å²) in [5.74, 6) is 0.835. The van der Waals surface area contributed by atoms with Crippen molar-refractivity contribution >= 4 is 12.2 Å². The van der Waals surface area contributed by atoms with Gasteiger partial charge < -0.3 is 9.72 Å². The Labute approximate surface area is 100.0 Å². The van der Waals surface area contributed by atoms with Gasteiger partial charge >= 0.3 is 0 Å². The highest BCUT2D eigenvalue weighted by Gasteiger charge is 1.97. The van der Waals surface area contributed by atoms with Crippen LogP contribution in [-0.2, 0) is 0 Å². The van der Waals surface area contributed by atoms with Crippen molar-refractivity contribution < 1.29 is 4.74 Å². The Kier molecular flexibility index (Phi) is 3.27. The normalized spacial score (nSPS) is 10.4. The average molecular weight is 224 g/mol. The van der Waals surface area contributed by atoms with Crippen molar-refractivity contribution in [2.24, 2.45) is 0 Å². The molecule has 0 aliphatic heterocycles. The quantitative estimate of drug-likeness (QED) is 0.871. The smallest absolute Gasteiger partial charge is 0.118 e. The summed E-state index contributed by atoms with van der Waals surface area (Å²) in [6, 6.07) is 9.87. The number of aromatic nitrogens is 1. The van der Waals surface area contributed by atoms with E-state index < -0.39 is 0 Å². The Hall–Kier alpha value is -2.47. The van der Waals surface area contributed by atoms with E-state index in [1.165, 1.54) is 0 Å².